The summed E-state index contributed by atoms with van der Waals surface area (Å²) in [4.78, 5) is 26.9. The van der Waals surface area contributed by atoms with Crippen LogP contribution in [0.3, 0.4) is 0 Å². The fourth-order valence-corrected chi connectivity index (χ4v) is 4.61. The van der Waals surface area contributed by atoms with Crippen LogP contribution in [0.5, 0.6) is 34.5 Å². The van der Waals surface area contributed by atoms with E-state index in [9.17, 15) is 0 Å². The average Bonchev–Trinajstić information content (AvgIpc) is 4.01. The van der Waals surface area contributed by atoms with Gasteiger partial charge in [0.2, 0.25) is 0 Å². The molecular weight excluding hydrogens is 660 g/mol. The highest BCUT2D eigenvalue weighted by Gasteiger charge is 2.25. The Morgan fingerprint density at radius 3 is 1.06 bits per heavy atom. The smallest absolute Gasteiger partial charge is 0.256 e. The first-order valence-electron chi connectivity index (χ1n) is 16.2. The molecule has 3 atom stereocenters. The number of aromatic nitrogens is 3. The Bertz CT molecular complexity index is 1700. The molecule has 0 aliphatic carbocycles. The zero-order valence-electron chi connectivity index (χ0n) is 28.3. The van der Waals surface area contributed by atoms with Crippen molar-refractivity contribution in [1.29, 1.82) is 0 Å². The molecule has 264 valence electrons. The number of epoxide rings is 3. The van der Waals surface area contributed by atoms with Crippen molar-refractivity contribution in [2.24, 2.45) is 15.0 Å². The zero-order chi connectivity index (χ0) is 35.0. The minimum Gasteiger partial charge on any atom is -0.493 e. The zero-order valence-corrected chi connectivity index (χ0v) is 28.3. The molecule has 51 heavy (non-hydrogen) atoms. The lowest BCUT2D eigenvalue weighted by Gasteiger charge is -2.10. The van der Waals surface area contributed by atoms with Crippen molar-refractivity contribution >= 4 is 36.5 Å². The first-order valence-corrected chi connectivity index (χ1v) is 16.2. The molecule has 0 spiro atoms. The van der Waals surface area contributed by atoms with Crippen molar-refractivity contribution in [3.05, 3.63) is 71.3 Å². The normalized spacial score (nSPS) is 19.0. The predicted molar refractivity (Wildman–Crippen MR) is 186 cm³/mol. The summed E-state index contributed by atoms with van der Waals surface area (Å²) < 4.78 is 49.7. The number of hydrogen-bond donors (Lipinski definition) is 0. The van der Waals surface area contributed by atoms with E-state index in [-0.39, 0.29) is 36.2 Å². The number of methoxy groups -OCH3 is 3. The molecule has 1 aromatic heterocycles. The lowest BCUT2D eigenvalue weighted by molar-refractivity contribution is 0.252. The van der Waals surface area contributed by atoms with Gasteiger partial charge in [0.05, 0.1) is 41.2 Å². The molecule has 3 saturated heterocycles. The van der Waals surface area contributed by atoms with Gasteiger partial charge in [0, 0.05) is 18.6 Å². The van der Waals surface area contributed by atoms with E-state index in [2.05, 4.69) is 29.9 Å². The molecule has 3 aromatic carbocycles. The Labute approximate surface area is 293 Å². The third kappa shape index (κ3) is 9.75. The Morgan fingerprint density at radius 1 is 0.510 bits per heavy atom. The van der Waals surface area contributed by atoms with E-state index in [1.807, 2.05) is 54.6 Å². The van der Waals surface area contributed by atoms with Crippen LogP contribution in [0.4, 0.5) is 17.8 Å². The molecule has 15 nitrogen and oxygen atoms in total. The van der Waals surface area contributed by atoms with Crippen molar-refractivity contribution in [3.63, 3.8) is 0 Å². The molecule has 3 fully saturated rings. The number of rotatable bonds is 18. The van der Waals surface area contributed by atoms with Crippen LogP contribution >= 0.6 is 0 Å². The summed E-state index contributed by atoms with van der Waals surface area (Å²) in [5.41, 5.74) is 2.22. The van der Waals surface area contributed by atoms with E-state index in [0.29, 0.717) is 74.1 Å². The van der Waals surface area contributed by atoms with Crippen molar-refractivity contribution in [3.8, 4) is 34.5 Å². The molecule has 4 aromatic rings. The molecule has 7 rings (SSSR count). The van der Waals surface area contributed by atoms with E-state index >= 15 is 0 Å². The molecule has 3 aliphatic rings. The number of benzene rings is 3. The maximum absolute atomic E-state index is 5.82. The molecule has 0 amide bonds. The highest BCUT2D eigenvalue weighted by Crippen LogP contribution is 2.31. The second-order valence-corrected chi connectivity index (χ2v) is 11.5. The molecule has 3 unspecified atom stereocenters. The first kappa shape index (κ1) is 33.8. The van der Waals surface area contributed by atoms with Crippen LogP contribution in [0, 0.1) is 0 Å². The highest BCUT2D eigenvalue weighted by molar-refractivity contribution is 5.84. The third-order valence-electron chi connectivity index (χ3n) is 7.63. The van der Waals surface area contributed by atoms with E-state index in [4.69, 9.17) is 42.6 Å². The summed E-state index contributed by atoms with van der Waals surface area (Å²) >= 11 is 0. The summed E-state index contributed by atoms with van der Waals surface area (Å²) in [6.07, 6.45) is 5.20. The molecular formula is C36H36N6O9. The van der Waals surface area contributed by atoms with Gasteiger partial charge >= 0.3 is 0 Å². The molecule has 3 aliphatic heterocycles. The van der Waals surface area contributed by atoms with E-state index in [1.165, 1.54) is 0 Å². The molecule has 0 saturated carbocycles. The van der Waals surface area contributed by atoms with Gasteiger partial charge in [-0.25, -0.2) is 15.0 Å². The molecule has 0 radical (unpaired) electrons. The van der Waals surface area contributed by atoms with Crippen LogP contribution in [0.15, 0.2) is 69.6 Å². The van der Waals surface area contributed by atoms with E-state index < -0.39 is 0 Å². The van der Waals surface area contributed by atoms with Gasteiger partial charge in [0.15, 0.2) is 34.5 Å². The summed E-state index contributed by atoms with van der Waals surface area (Å²) in [5.74, 6) is 3.81. The minimum atomic E-state index is 0.0988. The standard InChI is InChI=1S/C36H36N6O9/c1-43-31-10-22(4-7-28(31)49-19-25-16-46-25)13-37-34-40-35(38-14-23-5-8-29(32(11-23)44-2)50-20-26-17-47-26)42-36(41-34)39-15-24-6-9-30(33(12-24)45-3)51-21-27-18-48-27/h4-15,25-27H,16-21H2,1-3H3. The Hall–Kier alpha value is -5.64. The maximum Gasteiger partial charge on any atom is 0.256 e. The van der Waals surface area contributed by atoms with Gasteiger partial charge in [0.25, 0.3) is 17.8 Å². The monoisotopic (exact) mass is 696 g/mol. The van der Waals surface area contributed by atoms with Crippen LogP contribution in [-0.2, 0) is 14.2 Å². The van der Waals surface area contributed by atoms with E-state index in [1.54, 1.807) is 40.0 Å². The number of ether oxygens (including phenoxy) is 9. The molecule has 4 heterocycles. The van der Waals surface area contributed by atoms with Gasteiger partial charge < -0.3 is 42.6 Å². The molecule has 0 bridgehead atoms. The van der Waals surface area contributed by atoms with Crippen molar-refractivity contribution in [2.75, 3.05) is 61.0 Å². The highest BCUT2D eigenvalue weighted by atomic mass is 16.6. The fourth-order valence-electron chi connectivity index (χ4n) is 4.61. The Balaban J connectivity index is 1.13. The van der Waals surface area contributed by atoms with Crippen LogP contribution in [0.25, 0.3) is 0 Å². The van der Waals surface area contributed by atoms with Crippen molar-refractivity contribution in [1.82, 2.24) is 15.0 Å². The Kier molecular flexibility index (Phi) is 10.6. The summed E-state index contributed by atoms with van der Waals surface area (Å²) in [5, 5.41) is 0. The number of nitrogens with zero attached hydrogens (tertiary/aromatic N) is 6. The SMILES string of the molecule is COc1cc(C=Nc2nc(N=Cc3ccc(OCC4CO4)c(OC)c3)nc(N=Cc3ccc(OCC4CO4)c(OC)c3)n2)ccc1OCC1CO1. The van der Waals surface area contributed by atoms with Gasteiger partial charge in [-0.1, -0.05) is 0 Å². The van der Waals surface area contributed by atoms with Crippen molar-refractivity contribution in [2.45, 2.75) is 18.3 Å². The molecule has 15 heteroatoms. The quantitative estimate of drug-likeness (QED) is 0.106. The first-order chi connectivity index (χ1) is 25.0. The van der Waals surface area contributed by atoms with Crippen LogP contribution in [0.1, 0.15) is 16.7 Å². The van der Waals surface area contributed by atoms with Gasteiger partial charge in [0.1, 0.15) is 38.1 Å². The van der Waals surface area contributed by atoms with Crippen LogP contribution < -0.4 is 28.4 Å². The van der Waals surface area contributed by atoms with E-state index in [0.717, 1.165) is 16.7 Å². The predicted octanol–water partition coefficient (Wildman–Crippen LogP) is 4.48. The van der Waals surface area contributed by atoms with Gasteiger partial charge in [-0.2, -0.15) is 15.0 Å². The maximum atomic E-state index is 5.82. The summed E-state index contributed by atoms with van der Waals surface area (Å²) in [6.45, 7) is 3.49. The van der Waals surface area contributed by atoms with Crippen LogP contribution in [-0.4, -0.2) is 113 Å². The Morgan fingerprint density at radius 2 is 0.804 bits per heavy atom. The minimum absolute atomic E-state index is 0.0988. The number of aliphatic imine (C=N–C) groups is 3. The van der Waals surface area contributed by atoms with Crippen LogP contribution in [0.2, 0.25) is 0 Å². The summed E-state index contributed by atoms with van der Waals surface area (Å²) in [7, 11) is 4.74. The third-order valence-corrected chi connectivity index (χ3v) is 7.63. The molecule has 0 N–H and O–H groups in total. The second kappa shape index (κ2) is 15.9. The second-order valence-electron chi connectivity index (χ2n) is 11.5. The topological polar surface area (TPSA) is 169 Å². The number of hydrogen-bond acceptors (Lipinski definition) is 15. The van der Waals surface area contributed by atoms with Crippen molar-refractivity contribution < 1.29 is 42.6 Å². The lowest BCUT2D eigenvalue weighted by Crippen LogP contribution is -2.05. The van der Waals surface area contributed by atoms with Gasteiger partial charge in [-0.05, 0) is 71.3 Å². The summed E-state index contributed by atoms with van der Waals surface area (Å²) in [6, 6.07) is 16.4. The lowest BCUT2D eigenvalue weighted by atomic mass is 10.2. The largest absolute Gasteiger partial charge is 0.493 e. The average molecular weight is 697 g/mol. The fraction of sp³-hybridized carbons (Fsp3) is 0.333. The van der Waals surface area contributed by atoms with Gasteiger partial charge in [-0.3, -0.25) is 0 Å². The van der Waals surface area contributed by atoms with Gasteiger partial charge in [-0.15, -0.1) is 0 Å².